The van der Waals surface area contributed by atoms with E-state index in [0.29, 0.717) is 33.7 Å². The van der Waals surface area contributed by atoms with Crippen LogP contribution in [0, 0.1) is 5.41 Å². The normalized spacial score (nSPS) is 24.2. The number of nitrogens with zero attached hydrogens (tertiary/aromatic N) is 6. The summed E-state index contributed by atoms with van der Waals surface area (Å²) in [7, 11) is 5.61. The van der Waals surface area contributed by atoms with Crippen LogP contribution >= 0.6 is 0 Å². The molecule has 0 spiro atoms. The first kappa shape index (κ1) is 18.5. The van der Waals surface area contributed by atoms with Gasteiger partial charge in [-0.05, 0) is 33.4 Å². The van der Waals surface area contributed by atoms with Crippen LogP contribution in [0.25, 0.3) is 33.5 Å². The van der Waals surface area contributed by atoms with Gasteiger partial charge in [-0.3, -0.25) is 9.48 Å². The largest absolute Gasteiger partial charge is 0.493 e. The van der Waals surface area contributed by atoms with E-state index in [1.165, 1.54) is 19.6 Å². The molecule has 3 saturated carbocycles. The Kier molecular flexibility index (Phi) is 4.00. The van der Waals surface area contributed by atoms with Crippen molar-refractivity contribution in [2.45, 2.75) is 24.8 Å². The molecule has 2 bridgehead atoms. The lowest BCUT2D eigenvalue weighted by atomic mass is 9.38. The second-order valence-electron chi connectivity index (χ2n) is 9.71. The van der Waals surface area contributed by atoms with Crippen molar-refractivity contribution in [3.63, 3.8) is 0 Å². The third-order valence-corrected chi connectivity index (χ3v) is 7.48. The zero-order valence-corrected chi connectivity index (χ0v) is 19.7. The minimum absolute atomic E-state index is 0.0787. The average Bonchev–Trinajstić information content (AvgIpc) is 3.28. The number of ether oxygens (including phenoxy) is 1. The van der Waals surface area contributed by atoms with Gasteiger partial charge in [0.15, 0.2) is 11.6 Å². The van der Waals surface area contributed by atoms with Gasteiger partial charge in [0.2, 0.25) is 5.91 Å². The van der Waals surface area contributed by atoms with E-state index in [1.807, 2.05) is 30.3 Å². The van der Waals surface area contributed by atoms with Crippen molar-refractivity contribution in [3.05, 3.63) is 48.9 Å². The summed E-state index contributed by atoms with van der Waals surface area (Å²) in [5.41, 5.74) is 2.70. The van der Waals surface area contributed by atoms with Crippen molar-refractivity contribution in [3.8, 4) is 28.3 Å². The van der Waals surface area contributed by atoms with Crippen LogP contribution in [0.5, 0.6) is 5.75 Å². The number of aromatic nitrogens is 5. The molecule has 3 aromatic heterocycles. The Hall–Kier alpha value is -3.85. The zero-order chi connectivity index (χ0) is 26.9. The summed E-state index contributed by atoms with van der Waals surface area (Å²) >= 11 is 0. The smallest absolute Gasteiger partial charge is 0.232 e. The Morgan fingerprint density at radius 2 is 1.94 bits per heavy atom. The van der Waals surface area contributed by atoms with E-state index >= 15 is 0 Å². The number of hydrogen-bond acceptors (Lipinski definition) is 7. The van der Waals surface area contributed by atoms with Crippen molar-refractivity contribution in [1.82, 2.24) is 29.6 Å². The van der Waals surface area contributed by atoms with Crippen LogP contribution in [0.3, 0.4) is 0 Å². The van der Waals surface area contributed by atoms with E-state index in [0.717, 1.165) is 29.5 Å². The molecule has 9 nitrogen and oxygen atoms in total. The minimum atomic E-state index is -2.48. The third kappa shape index (κ3) is 3.22. The Morgan fingerprint density at radius 1 is 1.17 bits per heavy atom. The molecule has 35 heavy (non-hydrogen) atoms. The summed E-state index contributed by atoms with van der Waals surface area (Å²) in [6.07, 6.45) is 5.29. The third-order valence-electron chi connectivity index (χ3n) is 7.48. The zero-order valence-electron chi connectivity index (χ0n) is 22.7. The fourth-order valence-electron chi connectivity index (χ4n) is 5.46. The number of rotatable bonds is 6. The summed E-state index contributed by atoms with van der Waals surface area (Å²) in [6, 6.07) is 11.0. The van der Waals surface area contributed by atoms with Crippen LogP contribution < -0.4 is 10.1 Å². The second-order valence-corrected chi connectivity index (χ2v) is 9.71. The molecule has 0 aliphatic heterocycles. The number of fused-ring (bicyclic) bond motifs is 1. The van der Waals surface area contributed by atoms with Gasteiger partial charge in [0, 0.05) is 40.0 Å². The van der Waals surface area contributed by atoms with Gasteiger partial charge in [-0.2, -0.15) is 5.10 Å². The summed E-state index contributed by atoms with van der Waals surface area (Å²) in [6.45, 7) is -2.48. The molecule has 7 rings (SSSR count). The van der Waals surface area contributed by atoms with E-state index in [1.54, 1.807) is 6.07 Å². The highest BCUT2D eigenvalue weighted by Gasteiger charge is 2.72. The second kappa shape index (κ2) is 7.58. The van der Waals surface area contributed by atoms with Crippen LogP contribution in [-0.2, 0) is 11.8 Å². The molecule has 1 aromatic carbocycles. The van der Waals surface area contributed by atoms with E-state index < -0.39 is 6.98 Å². The highest BCUT2D eigenvalue weighted by molar-refractivity contribution is 6.01. The highest BCUT2D eigenvalue weighted by Crippen LogP contribution is 2.69. The molecule has 0 atom stereocenters. The number of pyridine rings is 1. The highest BCUT2D eigenvalue weighted by atomic mass is 16.5. The number of amides is 1. The monoisotopic (exact) mass is 472 g/mol. The van der Waals surface area contributed by atoms with Crippen LogP contribution in [0.15, 0.2) is 48.9 Å². The number of carbonyl (C=O) groups is 1. The van der Waals surface area contributed by atoms with Crippen LogP contribution in [0.1, 0.15) is 23.4 Å². The van der Waals surface area contributed by atoms with Crippen molar-refractivity contribution in [2.24, 2.45) is 12.4 Å². The molecule has 1 amide bonds. The van der Waals surface area contributed by atoms with Crippen LogP contribution in [0.4, 0.5) is 5.82 Å². The van der Waals surface area contributed by atoms with Gasteiger partial charge in [-0.1, -0.05) is 30.3 Å². The minimum Gasteiger partial charge on any atom is -0.493 e. The van der Waals surface area contributed by atoms with Gasteiger partial charge in [-0.15, -0.1) is 0 Å². The van der Waals surface area contributed by atoms with Gasteiger partial charge in [-0.25, -0.2) is 15.0 Å². The van der Waals surface area contributed by atoms with Crippen molar-refractivity contribution in [1.29, 1.82) is 0 Å². The molecule has 178 valence electrons. The van der Waals surface area contributed by atoms with E-state index in [2.05, 4.69) is 39.4 Å². The molecule has 1 N–H and O–H groups in total. The lowest BCUT2D eigenvalue weighted by Gasteiger charge is -2.71. The molecule has 0 unspecified atom stereocenters. The lowest BCUT2D eigenvalue weighted by molar-refractivity contribution is -0.204. The average molecular weight is 473 g/mol. The maximum absolute atomic E-state index is 13.3. The Labute approximate surface area is 207 Å². The Balaban J connectivity index is 1.44. The van der Waals surface area contributed by atoms with Gasteiger partial charge in [0.05, 0.1) is 18.0 Å². The topological polar surface area (TPSA) is 98.1 Å². The molecule has 3 aliphatic carbocycles. The quantitative estimate of drug-likeness (QED) is 0.458. The standard InChI is InChI=1S/C26H27N7O2/c1-32(2)26-12-25(13-26,14-26)24(34)30-23-19(35-4)10-18-22(29-23)21(28-15-27-18)17-11-33(3)31-20(17)16-8-6-5-7-9-16/h5-11,15H,12-14H2,1-4H3,(H,29,30,34)/i3D3. The summed E-state index contributed by atoms with van der Waals surface area (Å²) in [5.74, 6) is 0.574. The van der Waals surface area contributed by atoms with Crippen molar-refractivity contribution < 1.29 is 13.6 Å². The SMILES string of the molecule is [2H]C([2H])([2H])n1cc(-c2ncnc3cc(OC)c(NC(=O)C45CC(N(C)C)(C4)C5)nc23)c(-c2ccccc2)n1. The van der Waals surface area contributed by atoms with E-state index in [-0.39, 0.29) is 22.7 Å². The lowest BCUT2D eigenvalue weighted by Crippen LogP contribution is -2.76. The molecule has 3 heterocycles. The fraction of sp³-hybridized carbons (Fsp3) is 0.346. The molecule has 0 radical (unpaired) electrons. The number of benzene rings is 1. The maximum Gasteiger partial charge on any atom is 0.232 e. The molecular weight excluding hydrogens is 442 g/mol. The molecule has 9 heteroatoms. The van der Waals surface area contributed by atoms with Gasteiger partial charge < -0.3 is 15.0 Å². The Bertz CT molecular complexity index is 1550. The van der Waals surface area contributed by atoms with Gasteiger partial charge >= 0.3 is 0 Å². The fourth-order valence-corrected chi connectivity index (χ4v) is 5.46. The number of nitrogens with one attached hydrogen (secondary N) is 1. The predicted molar refractivity (Wildman–Crippen MR) is 133 cm³/mol. The number of hydrogen-bond donors (Lipinski definition) is 1. The molecule has 0 saturated heterocycles. The van der Waals surface area contributed by atoms with Crippen LogP contribution in [0.2, 0.25) is 0 Å². The molecule has 3 fully saturated rings. The summed E-state index contributed by atoms with van der Waals surface area (Å²) in [5, 5.41) is 7.37. The van der Waals surface area contributed by atoms with Crippen molar-refractivity contribution >= 4 is 22.8 Å². The number of anilines is 1. The summed E-state index contributed by atoms with van der Waals surface area (Å²) < 4.78 is 30.1. The van der Waals surface area contributed by atoms with Gasteiger partial charge in [0.25, 0.3) is 0 Å². The van der Waals surface area contributed by atoms with Crippen LogP contribution in [-0.4, -0.2) is 62.3 Å². The number of carbonyl (C=O) groups excluding carboxylic acids is 1. The predicted octanol–water partition coefficient (Wildman–Crippen LogP) is 3.52. The Morgan fingerprint density at radius 3 is 2.63 bits per heavy atom. The first-order valence-corrected chi connectivity index (χ1v) is 11.4. The number of methoxy groups -OCH3 is 1. The first-order valence-electron chi connectivity index (χ1n) is 12.9. The maximum atomic E-state index is 13.3. The van der Waals surface area contributed by atoms with Gasteiger partial charge in [0.1, 0.15) is 23.2 Å². The summed E-state index contributed by atoms with van der Waals surface area (Å²) in [4.78, 5) is 29.1. The van der Waals surface area contributed by atoms with E-state index in [9.17, 15) is 4.79 Å². The first-order chi connectivity index (χ1) is 18.1. The van der Waals surface area contributed by atoms with Crippen molar-refractivity contribution in [2.75, 3.05) is 26.5 Å². The molecule has 4 aromatic rings. The van der Waals surface area contributed by atoms with E-state index in [4.69, 9.17) is 13.8 Å². The molecular formula is C26H27N7O2. The number of aryl methyl sites for hydroxylation is 1. The molecule has 3 aliphatic rings.